The molecule has 0 unspecified atom stereocenters. The van der Waals surface area contributed by atoms with Crippen LogP contribution in [0, 0.1) is 24.4 Å². The second kappa shape index (κ2) is 9.94. The highest BCUT2D eigenvalue weighted by molar-refractivity contribution is 7.89. The Balaban J connectivity index is 1.53. The van der Waals surface area contributed by atoms with Crippen molar-refractivity contribution in [3.05, 3.63) is 87.3 Å². The standard InChI is InChI=1S/C25H22Cl2F3N5O2S/c1-15-2-4-17(5-3-15)38(36,37)33-32-24(21-18(28)6-7-19(29)22(21)27)35-11-10-34(14-25(35)8-9-25)23-20(30)12-16(26)13-31-23/h2-7,12-13,33H,8-11,14H2,1H3/b32-24-. The summed E-state index contributed by atoms with van der Waals surface area (Å²) >= 11 is 12.0. The zero-order chi connectivity index (χ0) is 27.2. The molecule has 1 saturated carbocycles. The molecule has 200 valence electrons. The Morgan fingerprint density at radius 1 is 1.03 bits per heavy atom. The Hall–Kier alpha value is -3.02. The largest absolute Gasteiger partial charge is 0.350 e. The Bertz CT molecular complexity index is 1530. The zero-order valence-corrected chi connectivity index (χ0v) is 22.4. The van der Waals surface area contributed by atoms with Crippen LogP contribution in [-0.2, 0) is 10.0 Å². The van der Waals surface area contributed by atoms with Crippen molar-refractivity contribution in [1.29, 1.82) is 0 Å². The molecule has 2 heterocycles. The summed E-state index contributed by atoms with van der Waals surface area (Å²) in [5, 5.41) is 3.74. The molecule has 2 fully saturated rings. The third-order valence-electron chi connectivity index (χ3n) is 6.69. The second-order valence-corrected chi connectivity index (χ2v) is 11.8. The van der Waals surface area contributed by atoms with Gasteiger partial charge in [-0.2, -0.15) is 13.2 Å². The van der Waals surface area contributed by atoms with Crippen LogP contribution in [0.25, 0.3) is 0 Å². The molecule has 0 amide bonds. The van der Waals surface area contributed by atoms with Crippen molar-refractivity contribution in [2.24, 2.45) is 5.10 Å². The van der Waals surface area contributed by atoms with Gasteiger partial charge in [0.25, 0.3) is 10.0 Å². The third kappa shape index (κ3) is 5.02. The van der Waals surface area contributed by atoms with E-state index in [1.165, 1.54) is 24.4 Å². The summed E-state index contributed by atoms with van der Waals surface area (Å²) in [6.07, 6.45) is 2.59. The lowest BCUT2D eigenvalue weighted by Crippen LogP contribution is -2.58. The molecule has 13 heteroatoms. The van der Waals surface area contributed by atoms with Gasteiger partial charge in [-0.05, 0) is 50.1 Å². The summed E-state index contributed by atoms with van der Waals surface area (Å²) in [5.74, 6) is -2.37. The Labute approximate surface area is 227 Å². The molecule has 7 nitrogen and oxygen atoms in total. The van der Waals surface area contributed by atoms with Crippen LogP contribution in [-0.4, -0.2) is 49.3 Å². The van der Waals surface area contributed by atoms with Crippen molar-refractivity contribution in [3.8, 4) is 0 Å². The molecule has 1 saturated heterocycles. The van der Waals surface area contributed by atoms with Crippen LogP contribution in [0.4, 0.5) is 19.0 Å². The van der Waals surface area contributed by atoms with Crippen molar-refractivity contribution in [1.82, 2.24) is 14.7 Å². The molecular formula is C25H22Cl2F3N5O2S. The fourth-order valence-electron chi connectivity index (χ4n) is 4.56. The number of halogens is 5. The van der Waals surface area contributed by atoms with Gasteiger partial charge in [-0.15, -0.1) is 5.10 Å². The molecule has 1 aliphatic heterocycles. The third-order valence-corrected chi connectivity index (χ3v) is 8.49. The fourth-order valence-corrected chi connectivity index (χ4v) is 5.75. The van der Waals surface area contributed by atoms with Gasteiger partial charge < -0.3 is 9.80 Å². The summed E-state index contributed by atoms with van der Waals surface area (Å²) in [7, 11) is -4.14. The Morgan fingerprint density at radius 2 is 1.71 bits per heavy atom. The predicted octanol–water partition coefficient (Wildman–Crippen LogP) is 5.11. The van der Waals surface area contributed by atoms with E-state index in [-0.39, 0.29) is 46.8 Å². The number of rotatable bonds is 5. The van der Waals surface area contributed by atoms with Crippen molar-refractivity contribution < 1.29 is 21.6 Å². The van der Waals surface area contributed by atoms with E-state index in [9.17, 15) is 17.2 Å². The average Bonchev–Trinajstić information content (AvgIpc) is 3.63. The molecule has 5 rings (SSSR count). The number of benzene rings is 2. The van der Waals surface area contributed by atoms with Crippen LogP contribution in [0.1, 0.15) is 24.0 Å². The molecule has 38 heavy (non-hydrogen) atoms. The maximum atomic E-state index is 15.1. The number of piperazine rings is 1. The van der Waals surface area contributed by atoms with Gasteiger partial charge >= 0.3 is 0 Å². The molecule has 2 aromatic carbocycles. The second-order valence-electron chi connectivity index (χ2n) is 9.32. The van der Waals surface area contributed by atoms with Crippen LogP contribution in [0.2, 0.25) is 10.0 Å². The highest BCUT2D eigenvalue weighted by Gasteiger charge is 2.53. The molecule has 1 spiro atoms. The van der Waals surface area contributed by atoms with Gasteiger partial charge in [-0.3, -0.25) is 0 Å². The first kappa shape index (κ1) is 26.6. The van der Waals surface area contributed by atoms with Crippen molar-refractivity contribution >= 4 is 44.9 Å². The highest BCUT2D eigenvalue weighted by atomic mass is 35.5. The van der Waals surface area contributed by atoms with E-state index < -0.39 is 38.0 Å². The number of sulfonamides is 1. The van der Waals surface area contributed by atoms with Gasteiger partial charge in [-0.1, -0.05) is 40.9 Å². The topological polar surface area (TPSA) is 77.9 Å². The molecule has 0 bridgehead atoms. The van der Waals surface area contributed by atoms with Gasteiger partial charge in [-0.25, -0.2) is 18.2 Å². The first-order valence-corrected chi connectivity index (χ1v) is 13.9. The summed E-state index contributed by atoms with van der Waals surface area (Å²) < 4.78 is 70.1. The number of hydrazone groups is 1. The van der Waals surface area contributed by atoms with Crippen LogP contribution in [0.5, 0.6) is 0 Å². The molecule has 0 radical (unpaired) electrons. The number of anilines is 1. The summed E-state index contributed by atoms with van der Waals surface area (Å²) in [6, 6.07) is 9.05. The number of aromatic nitrogens is 1. The van der Waals surface area contributed by atoms with Crippen molar-refractivity contribution in [3.63, 3.8) is 0 Å². The molecule has 1 aliphatic carbocycles. The van der Waals surface area contributed by atoms with Crippen LogP contribution in [0.15, 0.2) is 58.7 Å². The van der Waals surface area contributed by atoms with E-state index in [1.807, 2.05) is 6.92 Å². The van der Waals surface area contributed by atoms with Crippen LogP contribution >= 0.6 is 23.2 Å². The minimum atomic E-state index is -4.14. The molecular weight excluding hydrogens is 562 g/mol. The van der Waals surface area contributed by atoms with Crippen molar-refractivity contribution in [2.45, 2.75) is 30.2 Å². The first-order valence-electron chi connectivity index (χ1n) is 11.6. The number of hydrogen-bond acceptors (Lipinski definition) is 5. The van der Waals surface area contributed by atoms with E-state index in [0.29, 0.717) is 12.8 Å². The average molecular weight is 584 g/mol. The highest BCUT2D eigenvalue weighted by Crippen LogP contribution is 2.46. The smallest absolute Gasteiger partial charge is 0.276 e. The van der Waals surface area contributed by atoms with E-state index in [1.54, 1.807) is 21.9 Å². The summed E-state index contributed by atoms with van der Waals surface area (Å²) in [6.45, 7) is 2.53. The monoisotopic (exact) mass is 583 g/mol. The number of hydrogen-bond donors (Lipinski definition) is 1. The number of aryl methyl sites for hydroxylation is 1. The molecule has 3 aromatic rings. The lowest BCUT2D eigenvalue weighted by Gasteiger charge is -2.44. The fraction of sp³-hybridized carbons (Fsp3) is 0.280. The molecule has 1 aromatic heterocycles. The van der Waals surface area contributed by atoms with Gasteiger partial charge in [0.15, 0.2) is 17.5 Å². The van der Waals surface area contributed by atoms with Crippen LogP contribution in [0.3, 0.4) is 0 Å². The molecule has 2 aliphatic rings. The number of nitrogens with one attached hydrogen (secondary N) is 1. The molecule has 1 N–H and O–H groups in total. The SMILES string of the molecule is Cc1ccc(S(=O)(=O)N/N=C(/c2c(F)ccc(F)c2Cl)N2CCN(c3ncc(Cl)cc3F)CC23CC3)cc1. The lowest BCUT2D eigenvalue weighted by atomic mass is 10.1. The molecule has 0 atom stereocenters. The maximum absolute atomic E-state index is 15.1. The zero-order valence-electron chi connectivity index (χ0n) is 20.1. The van der Waals surface area contributed by atoms with E-state index in [0.717, 1.165) is 17.7 Å². The summed E-state index contributed by atoms with van der Waals surface area (Å²) in [5.41, 5.74) is -0.155. The Kier molecular flexibility index (Phi) is 6.95. The predicted molar refractivity (Wildman–Crippen MR) is 139 cm³/mol. The normalized spacial score (nSPS) is 17.2. The Morgan fingerprint density at radius 3 is 2.37 bits per heavy atom. The van der Waals surface area contributed by atoms with E-state index >= 15 is 4.39 Å². The number of nitrogens with zero attached hydrogens (tertiary/aromatic N) is 4. The summed E-state index contributed by atoms with van der Waals surface area (Å²) in [4.78, 5) is 9.68. The van der Waals surface area contributed by atoms with Gasteiger partial charge in [0.2, 0.25) is 0 Å². The van der Waals surface area contributed by atoms with Gasteiger partial charge in [0.1, 0.15) is 11.6 Å². The number of pyridine rings is 1. The van der Waals surface area contributed by atoms with Crippen LogP contribution < -0.4 is 9.73 Å². The first-order chi connectivity index (χ1) is 18.0. The van der Waals surface area contributed by atoms with Crippen molar-refractivity contribution in [2.75, 3.05) is 24.5 Å². The van der Waals surface area contributed by atoms with Gasteiger partial charge in [0.05, 0.1) is 26.0 Å². The lowest BCUT2D eigenvalue weighted by molar-refractivity contribution is 0.257. The quantitative estimate of drug-likeness (QED) is 0.195. The van der Waals surface area contributed by atoms with E-state index in [2.05, 4.69) is 14.9 Å². The van der Waals surface area contributed by atoms with Gasteiger partial charge in [0, 0.05) is 25.8 Å². The minimum absolute atomic E-state index is 0.0488. The maximum Gasteiger partial charge on any atom is 0.276 e. The van der Waals surface area contributed by atoms with E-state index in [4.69, 9.17) is 23.2 Å². The number of amidine groups is 1. The minimum Gasteiger partial charge on any atom is -0.350 e.